The third-order valence-corrected chi connectivity index (χ3v) is 3.82. The van der Waals surface area contributed by atoms with Crippen molar-refractivity contribution in [1.82, 2.24) is 9.78 Å². The molecule has 108 valence electrons. The summed E-state index contributed by atoms with van der Waals surface area (Å²) in [6, 6.07) is 10.2. The van der Waals surface area contributed by atoms with Crippen LogP contribution in [0, 0.1) is 18.3 Å². The molecular formula is C15H18N6. The Morgan fingerprint density at radius 2 is 2.05 bits per heavy atom. The zero-order valence-corrected chi connectivity index (χ0v) is 12.0. The molecule has 4 N–H and O–H groups in total. The molecule has 0 amide bonds. The molecule has 1 aliphatic heterocycles. The maximum Gasteiger partial charge on any atom is 0.171 e. The van der Waals surface area contributed by atoms with E-state index in [1.807, 2.05) is 36.1 Å². The van der Waals surface area contributed by atoms with Gasteiger partial charge in [-0.2, -0.15) is 5.26 Å². The fraction of sp³-hybridized carbons (Fsp3) is 0.333. The number of hydrogen-bond donors (Lipinski definition) is 2. The average Bonchev–Trinajstić information content (AvgIpc) is 3.03. The first-order valence-corrected chi connectivity index (χ1v) is 6.96. The standard InChI is InChI=1S/C15H18N6/c1-10-2-4-12(5-3-10)21-14(18)13(8-16)15(19-21)20-7-6-11(17)9-20/h2-5,11H,6-7,9,17-18H2,1H3. The Kier molecular flexibility index (Phi) is 3.28. The first kappa shape index (κ1) is 13.5. The van der Waals surface area contributed by atoms with E-state index in [0.717, 1.165) is 24.2 Å². The van der Waals surface area contributed by atoms with Crippen molar-refractivity contribution in [2.75, 3.05) is 23.7 Å². The molecule has 1 aliphatic rings. The lowest BCUT2D eigenvalue weighted by molar-refractivity contribution is 0.750. The topological polar surface area (TPSA) is 96.9 Å². The number of rotatable bonds is 2. The number of aromatic nitrogens is 2. The van der Waals surface area contributed by atoms with Gasteiger partial charge in [0.2, 0.25) is 0 Å². The number of nitriles is 1. The summed E-state index contributed by atoms with van der Waals surface area (Å²) >= 11 is 0. The predicted octanol–water partition coefficient (Wildman–Crippen LogP) is 1.17. The van der Waals surface area contributed by atoms with Crippen LogP contribution < -0.4 is 16.4 Å². The quantitative estimate of drug-likeness (QED) is 0.862. The molecule has 0 spiro atoms. The highest BCUT2D eigenvalue weighted by Crippen LogP contribution is 2.29. The zero-order chi connectivity index (χ0) is 15.0. The van der Waals surface area contributed by atoms with Crippen LogP contribution in [0.15, 0.2) is 24.3 Å². The Bertz CT molecular complexity index is 694. The molecule has 0 bridgehead atoms. The maximum absolute atomic E-state index is 9.39. The molecule has 0 saturated carbocycles. The first-order chi connectivity index (χ1) is 10.1. The van der Waals surface area contributed by atoms with E-state index in [1.54, 1.807) is 4.68 Å². The van der Waals surface area contributed by atoms with Crippen molar-refractivity contribution >= 4 is 11.6 Å². The van der Waals surface area contributed by atoms with Gasteiger partial charge >= 0.3 is 0 Å². The Hall–Kier alpha value is -2.52. The Balaban J connectivity index is 2.05. The van der Waals surface area contributed by atoms with Gasteiger partial charge in [-0.15, -0.1) is 5.10 Å². The van der Waals surface area contributed by atoms with Gasteiger partial charge in [0.25, 0.3) is 0 Å². The third-order valence-electron chi connectivity index (χ3n) is 3.82. The van der Waals surface area contributed by atoms with Crippen LogP contribution >= 0.6 is 0 Å². The van der Waals surface area contributed by atoms with Crippen LogP contribution in [-0.4, -0.2) is 28.9 Å². The minimum Gasteiger partial charge on any atom is -0.382 e. The smallest absolute Gasteiger partial charge is 0.171 e. The van der Waals surface area contributed by atoms with Gasteiger partial charge in [0.05, 0.1) is 5.69 Å². The molecule has 6 nitrogen and oxygen atoms in total. The molecule has 3 rings (SSSR count). The fourth-order valence-electron chi connectivity index (χ4n) is 2.61. The molecule has 0 radical (unpaired) electrons. The minimum atomic E-state index is 0.127. The Labute approximate surface area is 123 Å². The lowest BCUT2D eigenvalue weighted by Crippen LogP contribution is -2.27. The van der Waals surface area contributed by atoms with E-state index in [2.05, 4.69) is 11.2 Å². The molecule has 1 unspecified atom stereocenters. The van der Waals surface area contributed by atoms with Crippen molar-refractivity contribution < 1.29 is 0 Å². The van der Waals surface area contributed by atoms with Gasteiger partial charge in [0.1, 0.15) is 17.5 Å². The highest BCUT2D eigenvalue weighted by molar-refractivity contribution is 5.67. The van der Waals surface area contributed by atoms with Gasteiger partial charge in [0.15, 0.2) is 5.82 Å². The zero-order valence-electron chi connectivity index (χ0n) is 12.0. The van der Waals surface area contributed by atoms with Crippen LogP contribution in [0.25, 0.3) is 5.69 Å². The number of aryl methyl sites for hydroxylation is 1. The number of benzene rings is 1. The van der Waals surface area contributed by atoms with Crippen LogP contribution in [-0.2, 0) is 0 Å². The largest absolute Gasteiger partial charge is 0.382 e. The molecule has 6 heteroatoms. The number of hydrogen-bond acceptors (Lipinski definition) is 5. The highest BCUT2D eigenvalue weighted by Gasteiger charge is 2.26. The summed E-state index contributed by atoms with van der Waals surface area (Å²) in [5.41, 5.74) is 14.5. The number of nitrogens with two attached hydrogens (primary N) is 2. The molecule has 1 aromatic carbocycles. The van der Waals surface area contributed by atoms with E-state index in [9.17, 15) is 5.26 Å². The molecule has 21 heavy (non-hydrogen) atoms. The molecule has 1 saturated heterocycles. The normalized spacial score (nSPS) is 18.0. The van der Waals surface area contributed by atoms with Crippen LogP contribution in [0.5, 0.6) is 0 Å². The summed E-state index contributed by atoms with van der Waals surface area (Å²) < 4.78 is 1.62. The van der Waals surface area contributed by atoms with Gasteiger partial charge in [-0.1, -0.05) is 17.7 Å². The maximum atomic E-state index is 9.39. The second-order valence-corrected chi connectivity index (χ2v) is 5.44. The second kappa shape index (κ2) is 5.11. The van der Waals surface area contributed by atoms with Crippen LogP contribution in [0.1, 0.15) is 17.5 Å². The van der Waals surface area contributed by atoms with E-state index in [1.165, 1.54) is 0 Å². The summed E-state index contributed by atoms with van der Waals surface area (Å²) in [6.07, 6.45) is 0.905. The number of nitrogen functional groups attached to an aromatic ring is 1. The van der Waals surface area contributed by atoms with Crippen LogP contribution in [0.4, 0.5) is 11.6 Å². The monoisotopic (exact) mass is 282 g/mol. The summed E-state index contributed by atoms with van der Waals surface area (Å²) in [7, 11) is 0. The molecule has 1 aromatic heterocycles. The lowest BCUT2D eigenvalue weighted by atomic mass is 10.2. The van der Waals surface area contributed by atoms with Crippen LogP contribution in [0.2, 0.25) is 0 Å². The van der Waals surface area contributed by atoms with Crippen molar-refractivity contribution in [2.45, 2.75) is 19.4 Å². The summed E-state index contributed by atoms with van der Waals surface area (Å²) in [6.45, 7) is 3.53. The van der Waals surface area contributed by atoms with Crippen molar-refractivity contribution in [2.24, 2.45) is 5.73 Å². The lowest BCUT2D eigenvalue weighted by Gasteiger charge is -2.14. The highest BCUT2D eigenvalue weighted by atomic mass is 15.4. The predicted molar refractivity (Wildman–Crippen MR) is 82.2 cm³/mol. The van der Waals surface area contributed by atoms with Gasteiger partial charge in [0, 0.05) is 19.1 Å². The van der Waals surface area contributed by atoms with Gasteiger partial charge in [-0.25, -0.2) is 4.68 Å². The third kappa shape index (κ3) is 2.32. The molecule has 0 aliphatic carbocycles. The molecule has 1 atom stereocenters. The van der Waals surface area contributed by atoms with Crippen molar-refractivity contribution in [3.8, 4) is 11.8 Å². The molecule has 2 aromatic rings. The van der Waals surface area contributed by atoms with E-state index < -0.39 is 0 Å². The Morgan fingerprint density at radius 3 is 2.62 bits per heavy atom. The molecular weight excluding hydrogens is 264 g/mol. The van der Waals surface area contributed by atoms with E-state index in [4.69, 9.17) is 11.5 Å². The van der Waals surface area contributed by atoms with Crippen molar-refractivity contribution in [3.05, 3.63) is 35.4 Å². The van der Waals surface area contributed by atoms with E-state index in [0.29, 0.717) is 23.7 Å². The van der Waals surface area contributed by atoms with Gasteiger partial charge in [-0.05, 0) is 25.5 Å². The Morgan fingerprint density at radius 1 is 1.33 bits per heavy atom. The van der Waals surface area contributed by atoms with Crippen molar-refractivity contribution in [1.29, 1.82) is 5.26 Å². The fourth-order valence-corrected chi connectivity index (χ4v) is 2.61. The van der Waals surface area contributed by atoms with Crippen molar-refractivity contribution in [3.63, 3.8) is 0 Å². The first-order valence-electron chi connectivity index (χ1n) is 6.96. The summed E-state index contributed by atoms with van der Waals surface area (Å²) in [5, 5.41) is 13.9. The molecule has 2 heterocycles. The second-order valence-electron chi connectivity index (χ2n) is 5.44. The SMILES string of the molecule is Cc1ccc(-n2nc(N3CCC(N)C3)c(C#N)c2N)cc1. The van der Waals surface area contributed by atoms with E-state index in [-0.39, 0.29) is 6.04 Å². The number of anilines is 2. The van der Waals surface area contributed by atoms with E-state index >= 15 is 0 Å². The summed E-state index contributed by atoms with van der Waals surface area (Å²) in [5.74, 6) is 1.00. The minimum absolute atomic E-state index is 0.127. The van der Waals surface area contributed by atoms with Gasteiger partial charge in [-0.3, -0.25) is 0 Å². The molecule has 1 fully saturated rings. The number of nitrogens with zero attached hydrogens (tertiary/aromatic N) is 4. The average molecular weight is 282 g/mol. The van der Waals surface area contributed by atoms with Gasteiger partial charge < -0.3 is 16.4 Å². The van der Waals surface area contributed by atoms with Crippen LogP contribution in [0.3, 0.4) is 0 Å². The summed E-state index contributed by atoms with van der Waals surface area (Å²) in [4.78, 5) is 2.03.